The van der Waals surface area contributed by atoms with Gasteiger partial charge in [0.05, 0.1) is 7.11 Å². The summed E-state index contributed by atoms with van der Waals surface area (Å²) >= 11 is 0. The predicted octanol–water partition coefficient (Wildman–Crippen LogP) is 1.88. The molecule has 0 aromatic heterocycles. The van der Waals surface area contributed by atoms with E-state index in [0.29, 0.717) is 0 Å². The molecular formula is C16H21NO2. The van der Waals surface area contributed by atoms with Gasteiger partial charge < -0.3 is 14.7 Å². The smallest absolute Gasteiger partial charge is 0.119 e. The first kappa shape index (κ1) is 13.9. The first-order chi connectivity index (χ1) is 9.22. The first-order valence-electron chi connectivity index (χ1n) is 6.68. The molecule has 1 fully saturated rings. The molecule has 1 N–H and O–H groups in total. The summed E-state index contributed by atoms with van der Waals surface area (Å²) < 4.78 is 5.27. The van der Waals surface area contributed by atoms with Crippen LogP contribution in [-0.2, 0) is 6.54 Å². The number of nitrogens with zero attached hydrogens (tertiary/aromatic N) is 1. The van der Waals surface area contributed by atoms with Crippen molar-refractivity contribution >= 4 is 0 Å². The van der Waals surface area contributed by atoms with Gasteiger partial charge in [-0.3, -0.25) is 0 Å². The highest BCUT2D eigenvalue weighted by Crippen LogP contribution is 2.30. The molecule has 0 amide bonds. The molecule has 3 heteroatoms. The zero-order valence-electron chi connectivity index (χ0n) is 11.6. The van der Waals surface area contributed by atoms with E-state index in [9.17, 15) is 0 Å². The molecule has 2 rings (SSSR count). The molecule has 0 saturated heterocycles. The standard InChI is InChI=1S/C16H21NO2/c1-17(11-13-5-6-13)12-15-10-16(19-2)8-7-14(15)4-3-9-18/h7-8,10,13,18H,5-6,9,11-12H2,1-2H3. The molecule has 0 spiro atoms. The van der Waals surface area contributed by atoms with E-state index in [1.54, 1.807) is 7.11 Å². The highest BCUT2D eigenvalue weighted by Gasteiger charge is 2.22. The zero-order chi connectivity index (χ0) is 13.7. The lowest BCUT2D eigenvalue weighted by Crippen LogP contribution is -2.21. The summed E-state index contributed by atoms with van der Waals surface area (Å²) in [5.41, 5.74) is 2.13. The summed E-state index contributed by atoms with van der Waals surface area (Å²) in [4.78, 5) is 2.33. The summed E-state index contributed by atoms with van der Waals surface area (Å²) in [6.07, 6.45) is 2.72. The molecule has 1 saturated carbocycles. The Labute approximate surface area is 115 Å². The molecule has 102 valence electrons. The second kappa shape index (κ2) is 6.60. The van der Waals surface area contributed by atoms with Crippen LogP contribution in [0.2, 0.25) is 0 Å². The highest BCUT2D eigenvalue weighted by molar-refractivity contribution is 5.45. The van der Waals surface area contributed by atoms with Gasteiger partial charge in [0.15, 0.2) is 0 Å². The van der Waals surface area contributed by atoms with E-state index in [1.807, 2.05) is 18.2 Å². The van der Waals surface area contributed by atoms with E-state index in [1.165, 1.54) is 12.8 Å². The minimum absolute atomic E-state index is 0.108. The fourth-order valence-corrected chi connectivity index (χ4v) is 2.18. The lowest BCUT2D eigenvalue weighted by atomic mass is 10.1. The zero-order valence-corrected chi connectivity index (χ0v) is 11.6. The van der Waals surface area contributed by atoms with Gasteiger partial charge in [-0.2, -0.15) is 0 Å². The fourth-order valence-electron chi connectivity index (χ4n) is 2.18. The molecule has 0 heterocycles. The Bertz CT molecular complexity index is 483. The number of rotatable bonds is 5. The van der Waals surface area contributed by atoms with Crippen molar-refractivity contribution < 1.29 is 9.84 Å². The van der Waals surface area contributed by atoms with Crippen molar-refractivity contribution in [2.24, 2.45) is 5.92 Å². The van der Waals surface area contributed by atoms with Crippen LogP contribution >= 0.6 is 0 Å². The maximum atomic E-state index is 8.82. The van der Waals surface area contributed by atoms with Crippen molar-refractivity contribution in [2.75, 3.05) is 27.3 Å². The molecule has 1 aromatic carbocycles. The van der Waals surface area contributed by atoms with E-state index in [2.05, 4.69) is 23.8 Å². The van der Waals surface area contributed by atoms with Crippen LogP contribution in [0.25, 0.3) is 0 Å². The summed E-state index contributed by atoms with van der Waals surface area (Å²) in [6.45, 7) is 1.90. The average Bonchev–Trinajstić information content (AvgIpc) is 3.21. The van der Waals surface area contributed by atoms with Crippen molar-refractivity contribution in [1.82, 2.24) is 4.90 Å². The number of hydrogen-bond donors (Lipinski definition) is 1. The van der Waals surface area contributed by atoms with Crippen LogP contribution in [0.5, 0.6) is 5.75 Å². The van der Waals surface area contributed by atoms with E-state index >= 15 is 0 Å². The predicted molar refractivity (Wildman–Crippen MR) is 76.0 cm³/mol. The Kier molecular flexibility index (Phi) is 4.84. The van der Waals surface area contributed by atoms with Gasteiger partial charge in [-0.1, -0.05) is 11.8 Å². The van der Waals surface area contributed by atoms with Crippen LogP contribution < -0.4 is 4.74 Å². The second-order valence-electron chi connectivity index (χ2n) is 5.12. The fraction of sp³-hybridized carbons (Fsp3) is 0.500. The van der Waals surface area contributed by atoms with Crippen molar-refractivity contribution in [3.05, 3.63) is 29.3 Å². The first-order valence-corrected chi connectivity index (χ1v) is 6.68. The molecule has 0 aliphatic heterocycles. The van der Waals surface area contributed by atoms with Crippen LogP contribution in [0.3, 0.4) is 0 Å². The molecule has 0 radical (unpaired) electrons. The number of benzene rings is 1. The lowest BCUT2D eigenvalue weighted by molar-refractivity contribution is 0.312. The van der Waals surface area contributed by atoms with E-state index in [0.717, 1.165) is 35.9 Å². The van der Waals surface area contributed by atoms with E-state index < -0.39 is 0 Å². The Balaban J connectivity index is 2.13. The van der Waals surface area contributed by atoms with Gasteiger partial charge in [-0.05, 0) is 49.6 Å². The molecule has 3 nitrogen and oxygen atoms in total. The lowest BCUT2D eigenvalue weighted by Gasteiger charge is -2.17. The van der Waals surface area contributed by atoms with Crippen LogP contribution in [0.15, 0.2) is 18.2 Å². The summed E-state index contributed by atoms with van der Waals surface area (Å²) in [6, 6.07) is 5.90. The Morgan fingerprint density at radius 3 is 2.84 bits per heavy atom. The molecule has 1 aliphatic carbocycles. The number of ether oxygens (including phenoxy) is 1. The Hall–Kier alpha value is -1.50. The number of methoxy groups -OCH3 is 1. The minimum atomic E-state index is -0.108. The van der Waals surface area contributed by atoms with Gasteiger partial charge in [0.1, 0.15) is 12.4 Å². The van der Waals surface area contributed by atoms with Gasteiger partial charge in [-0.15, -0.1) is 0 Å². The van der Waals surface area contributed by atoms with Crippen molar-refractivity contribution in [3.8, 4) is 17.6 Å². The third kappa shape index (κ3) is 4.27. The average molecular weight is 259 g/mol. The third-order valence-electron chi connectivity index (χ3n) is 3.32. The van der Waals surface area contributed by atoms with Crippen molar-refractivity contribution in [2.45, 2.75) is 19.4 Å². The Morgan fingerprint density at radius 1 is 1.42 bits per heavy atom. The largest absolute Gasteiger partial charge is 0.497 e. The third-order valence-corrected chi connectivity index (χ3v) is 3.32. The van der Waals surface area contributed by atoms with Gasteiger partial charge >= 0.3 is 0 Å². The molecule has 19 heavy (non-hydrogen) atoms. The van der Waals surface area contributed by atoms with Crippen LogP contribution in [0.1, 0.15) is 24.0 Å². The molecule has 1 aromatic rings. The number of hydrogen-bond acceptors (Lipinski definition) is 3. The van der Waals surface area contributed by atoms with Crippen LogP contribution in [0, 0.1) is 17.8 Å². The van der Waals surface area contributed by atoms with Gasteiger partial charge in [0.2, 0.25) is 0 Å². The number of aliphatic hydroxyl groups is 1. The normalized spacial score (nSPS) is 14.1. The van der Waals surface area contributed by atoms with Gasteiger partial charge in [0, 0.05) is 18.7 Å². The van der Waals surface area contributed by atoms with Gasteiger partial charge in [-0.25, -0.2) is 0 Å². The second-order valence-corrected chi connectivity index (χ2v) is 5.12. The van der Waals surface area contributed by atoms with Gasteiger partial charge in [0.25, 0.3) is 0 Å². The maximum Gasteiger partial charge on any atom is 0.119 e. The van der Waals surface area contributed by atoms with Crippen molar-refractivity contribution in [3.63, 3.8) is 0 Å². The molecule has 1 aliphatic rings. The van der Waals surface area contributed by atoms with Crippen LogP contribution in [0.4, 0.5) is 0 Å². The highest BCUT2D eigenvalue weighted by atomic mass is 16.5. The number of aliphatic hydroxyl groups excluding tert-OH is 1. The Morgan fingerprint density at radius 2 is 2.21 bits per heavy atom. The summed E-state index contributed by atoms with van der Waals surface area (Å²) in [7, 11) is 3.81. The van der Waals surface area contributed by atoms with E-state index in [4.69, 9.17) is 9.84 Å². The van der Waals surface area contributed by atoms with E-state index in [-0.39, 0.29) is 6.61 Å². The maximum absolute atomic E-state index is 8.82. The monoisotopic (exact) mass is 259 g/mol. The molecule has 0 bridgehead atoms. The quantitative estimate of drug-likeness (QED) is 0.820. The summed E-state index contributed by atoms with van der Waals surface area (Å²) in [5.74, 6) is 7.45. The van der Waals surface area contributed by atoms with Crippen molar-refractivity contribution in [1.29, 1.82) is 0 Å². The molecule has 0 unspecified atom stereocenters. The molecule has 0 atom stereocenters. The summed E-state index contributed by atoms with van der Waals surface area (Å²) in [5, 5.41) is 8.82. The molecular weight excluding hydrogens is 238 g/mol. The SMILES string of the molecule is COc1ccc(C#CCO)c(CN(C)CC2CC2)c1. The van der Waals surface area contributed by atoms with Crippen LogP contribution in [-0.4, -0.2) is 37.3 Å². The topological polar surface area (TPSA) is 32.7 Å². The minimum Gasteiger partial charge on any atom is -0.497 e.